The number of amides is 1. The maximum atomic E-state index is 13.4. The highest BCUT2D eigenvalue weighted by Gasteiger charge is 2.38. The van der Waals surface area contributed by atoms with Gasteiger partial charge in [-0.05, 0) is 50.7 Å². The molecule has 6 nitrogen and oxygen atoms in total. The summed E-state index contributed by atoms with van der Waals surface area (Å²) in [5.41, 5.74) is 1.40. The Bertz CT molecular complexity index is 1070. The highest BCUT2D eigenvalue weighted by atomic mass is 32.2. The molecule has 0 N–H and O–H groups in total. The summed E-state index contributed by atoms with van der Waals surface area (Å²) in [5.74, 6) is 0.816. The van der Waals surface area contributed by atoms with Gasteiger partial charge in [0, 0.05) is 31.2 Å². The van der Waals surface area contributed by atoms with Gasteiger partial charge in [0.05, 0.1) is 4.91 Å². The van der Waals surface area contributed by atoms with E-state index in [9.17, 15) is 14.9 Å². The number of anilines is 1. The molecule has 1 aliphatic carbocycles. The van der Waals surface area contributed by atoms with Gasteiger partial charge < -0.3 is 4.90 Å². The van der Waals surface area contributed by atoms with Gasteiger partial charge in [-0.3, -0.25) is 19.1 Å². The van der Waals surface area contributed by atoms with E-state index >= 15 is 0 Å². The molecular formula is C25H32N4O2S2. The molecule has 0 atom stereocenters. The first-order valence-corrected chi connectivity index (χ1v) is 13.4. The average Bonchev–Trinajstić information content (AvgIpc) is 3.30. The van der Waals surface area contributed by atoms with Gasteiger partial charge in [-0.2, -0.15) is 5.26 Å². The van der Waals surface area contributed by atoms with Crippen LogP contribution in [0, 0.1) is 18.3 Å². The second-order valence-electron chi connectivity index (χ2n) is 9.20. The molecular weight excluding hydrogens is 452 g/mol. The molecule has 1 amide bonds. The second kappa shape index (κ2) is 10.4. The largest absolute Gasteiger partial charge is 0.357 e. The Morgan fingerprint density at radius 3 is 2.39 bits per heavy atom. The van der Waals surface area contributed by atoms with Crippen molar-refractivity contribution in [2.45, 2.75) is 84.2 Å². The van der Waals surface area contributed by atoms with Crippen LogP contribution in [0.15, 0.2) is 9.70 Å². The minimum absolute atomic E-state index is 0.0372. The number of pyridine rings is 1. The van der Waals surface area contributed by atoms with E-state index in [0.717, 1.165) is 69.4 Å². The molecule has 176 valence electrons. The molecule has 3 fully saturated rings. The summed E-state index contributed by atoms with van der Waals surface area (Å²) >= 11 is 6.95. The Labute approximate surface area is 205 Å². The Kier molecular flexibility index (Phi) is 7.60. The summed E-state index contributed by atoms with van der Waals surface area (Å²) in [6, 6.07) is 2.33. The van der Waals surface area contributed by atoms with E-state index in [1.165, 1.54) is 24.6 Å². The topological polar surface area (TPSA) is 69.3 Å². The van der Waals surface area contributed by atoms with Crippen molar-refractivity contribution in [1.29, 1.82) is 5.26 Å². The second-order valence-corrected chi connectivity index (χ2v) is 10.9. The van der Waals surface area contributed by atoms with E-state index in [2.05, 4.69) is 11.0 Å². The van der Waals surface area contributed by atoms with Gasteiger partial charge in [0.1, 0.15) is 21.8 Å². The Balaban J connectivity index is 1.87. The molecule has 2 aliphatic heterocycles. The third kappa shape index (κ3) is 4.63. The molecule has 2 saturated heterocycles. The quantitative estimate of drug-likeness (QED) is 0.434. The molecule has 0 radical (unpaired) electrons. The molecule has 1 aromatic rings. The molecule has 1 aromatic heterocycles. The van der Waals surface area contributed by atoms with Crippen molar-refractivity contribution in [2.75, 3.05) is 18.0 Å². The summed E-state index contributed by atoms with van der Waals surface area (Å²) in [4.78, 5) is 31.4. The van der Waals surface area contributed by atoms with Crippen LogP contribution in [-0.4, -0.2) is 38.8 Å². The van der Waals surface area contributed by atoms with E-state index < -0.39 is 0 Å². The summed E-state index contributed by atoms with van der Waals surface area (Å²) < 4.78 is 2.38. The molecule has 0 unspecified atom stereocenters. The molecule has 33 heavy (non-hydrogen) atoms. The first-order chi connectivity index (χ1) is 16.0. The zero-order valence-corrected chi connectivity index (χ0v) is 21.2. The van der Waals surface area contributed by atoms with E-state index in [-0.39, 0.29) is 23.1 Å². The fourth-order valence-electron chi connectivity index (χ4n) is 5.29. The summed E-state index contributed by atoms with van der Waals surface area (Å²) in [6.45, 7) is 6.16. The normalized spacial score (nSPS) is 21.2. The van der Waals surface area contributed by atoms with Gasteiger partial charge in [0.15, 0.2) is 0 Å². The number of hydrogen-bond acceptors (Lipinski definition) is 6. The Morgan fingerprint density at radius 2 is 1.79 bits per heavy atom. The average molecular weight is 485 g/mol. The van der Waals surface area contributed by atoms with Crippen molar-refractivity contribution >= 4 is 46.1 Å². The Morgan fingerprint density at radius 1 is 1.12 bits per heavy atom. The fourth-order valence-corrected chi connectivity index (χ4v) is 6.67. The van der Waals surface area contributed by atoms with Crippen LogP contribution in [0.2, 0.25) is 0 Å². The standard InChI is InChI=1S/C25H32N4O2S2/c1-3-12-28-22(27-13-8-4-5-9-14-27)19(17(2)20(16-26)23(28)30)15-21-24(31)29(25(32)33-21)18-10-6-7-11-18/h15,18H,3-14H2,1-2H3/b21-15-. The smallest absolute Gasteiger partial charge is 0.270 e. The SMILES string of the molecule is CCCn1c(N2CCCCCC2)c(/C=C2\SC(=S)N(C3CCCC3)C2=O)c(C)c(C#N)c1=O. The minimum Gasteiger partial charge on any atom is -0.357 e. The summed E-state index contributed by atoms with van der Waals surface area (Å²) in [6.07, 6.45) is 11.5. The van der Waals surface area contributed by atoms with Gasteiger partial charge in [-0.15, -0.1) is 0 Å². The summed E-state index contributed by atoms with van der Waals surface area (Å²) in [5, 5.41) is 9.80. The monoisotopic (exact) mass is 484 g/mol. The zero-order valence-electron chi connectivity index (χ0n) is 19.6. The molecule has 8 heteroatoms. The highest BCUT2D eigenvalue weighted by molar-refractivity contribution is 8.26. The summed E-state index contributed by atoms with van der Waals surface area (Å²) in [7, 11) is 0. The lowest BCUT2D eigenvalue weighted by molar-refractivity contribution is -0.123. The van der Waals surface area contributed by atoms with E-state index in [4.69, 9.17) is 12.2 Å². The van der Waals surface area contributed by atoms with Crippen LogP contribution in [0.5, 0.6) is 0 Å². The van der Waals surface area contributed by atoms with Crippen molar-refractivity contribution < 1.29 is 4.79 Å². The van der Waals surface area contributed by atoms with Crippen molar-refractivity contribution in [2.24, 2.45) is 0 Å². The number of thiocarbonyl (C=S) groups is 1. The zero-order chi connectivity index (χ0) is 23.5. The molecule has 3 aliphatic rings. The van der Waals surface area contributed by atoms with Crippen molar-refractivity contribution in [3.05, 3.63) is 31.9 Å². The maximum absolute atomic E-state index is 13.4. The molecule has 1 saturated carbocycles. The van der Waals surface area contributed by atoms with Gasteiger partial charge in [-0.1, -0.05) is 56.6 Å². The number of carbonyl (C=O) groups is 1. The van der Waals surface area contributed by atoms with Crippen molar-refractivity contribution in [1.82, 2.24) is 9.47 Å². The number of rotatable bonds is 5. The molecule has 4 rings (SSSR count). The van der Waals surface area contributed by atoms with Crippen LogP contribution in [0.25, 0.3) is 6.08 Å². The fraction of sp³-hybridized carbons (Fsp3) is 0.600. The number of carbonyl (C=O) groups excluding carboxylic acids is 1. The van der Waals surface area contributed by atoms with Gasteiger partial charge in [0.2, 0.25) is 0 Å². The molecule has 0 aromatic carbocycles. The highest BCUT2D eigenvalue weighted by Crippen LogP contribution is 2.39. The molecule has 3 heterocycles. The van der Waals surface area contributed by atoms with Crippen LogP contribution >= 0.6 is 24.0 Å². The van der Waals surface area contributed by atoms with E-state index in [1.807, 2.05) is 19.9 Å². The first-order valence-electron chi connectivity index (χ1n) is 12.2. The lowest BCUT2D eigenvalue weighted by atomic mass is 10.0. The predicted octanol–water partition coefficient (Wildman–Crippen LogP) is 4.96. The van der Waals surface area contributed by atoms with Crippen LogP contribution in [0.4, 0.5) is 5.82 Å². The number of hydrogen-bond donors (Lipinski definition) is 0. The molecule has 0 bridgehead atoms. The van der Waals surface area contributed by atoms with E-state index in [0.29, 0.717) is 21.3 Å². The van der Waals surface area contributed by atoms with Crippen molar-refractivity contribution in [3.8, 4) is 6.07 Å². The number of nitrogens with zero attached hydrogens (tertiary/aromatic N) is 4. The Hall–Kier alpha value is -2.11. The maximum Gasteiger partial charge on any atom is 0.270 e. The van der Waals surface area contributed by atoms with Crippen LogP contribution < -0.4 is 10.5 Å². The minimum atomic E-state index is -0.230. The van der Waals surface area contributed by atoms with Gasteiger partial charge in [-0.25, -0.2) is 0 Å². The third-order valence-electron chi connectivity index (χ3n) is 6.99. The van der Waals surface area contributed by atoms with Gasteiger partial charge in [0.25, 0.3) is 11.5 Å². The van der Waals surface area contributed by atoms with Crippen LogP contribution in [0.1, 0.15) is 81.4 Å². The number of thioether (sulfide) groups is 1. The van der Waals surface area contributed by atoms with Crippen molar-refractivity contribution in [3.63, 3.8) is 0 Å². The molecule has 0 spiro atoms. The van der Waals surface area contributed by atoms with E-state index in [1.54, 1.807) is 9.47 Å². The van der Waals surface area contributed by atoms with Crippen LogP contribution in [0.3, 0.4) is 0 Å². The third-order valence-corrected chi connectivity index (χ3v) is 8.32. The lowest BCUT2D eigenvalue weighted by Crippen LogP contribution is -2.36. The number of nitriles is 1. The lowest BCUT2D eigenvalue weighted by Gasteiger charge is -2.29. The number of aromatic nitrogens is 1. The first kappa shape index (κ1) is 24.0. The van der Waals surface area contributed by atoms with Crippen LogP contribution in [-0.2, 0) is 11.3 Å². The predicted molar refractivity (Wildman–Crippen MR) is 138 cm³/mol. The van der Waals surface area contributed by atoms with Gasteiger partial charge >= 0.3 is 0 Å².